The maximum absolute atomic E-state index is 11.2. The van der Waals surface area contributed by atoms with E-state index < -0.39 is 5.97 Å². The first-order valence-electron chi connectivity index (χ1n) is 6.78. The number of rotatable bonds is 3. The smallest absolute Gasteiger partial charge is 0.337 e. The van der Waals surface area contributed by atoms with Crippen LogP contribution in [0.1, 0.15) is 30.6 Å². The van der Waals surface area contributed by atoms with Crippen LogP contribution in [-0.2, 0) is 0 Å². The summed E-state index contributed by atoms with van der Waals surface area (Å²) in [4.78, 5) is 13.6. The van der Waals surface area contributed by atoms with Gasteiger partial charge in [0, 0.05) is 24.3 Å². The van der Waals surface area contributed by atoms with E-state index in [1.54, 1.807) is 12.1 Å². The number of anilines is 1. The highest BCUT2D eigenvalue weighted by atomic mass is 16.4. The van der Waals surface area contributed by atoms with Gasteiger partial charge < -0.3 is 15.3 Å². The van der Waals surface area contributed by atoms with Crippen LogP contribution in [0.5, 0.6) is 0 Å². The molecule has 0 amide bonds. The predicted molar refractivity (Wildman–Crippen MR) is 76.7 cm³/mol. The maximum atomic E-state index is 11.2. The van der Waals surface area contributed by atoms with Crippen molar-refractivity contribution in [1.82, 2.24) is 4.90 Å². The normalized spacial score (nSPS) is 28.1. The quantitative estimate of drug-likeness (QED) is 0.879. The molecule has 0 spiro atoms. The van der Waals surface area contributed by atoms with Crippen molar-refractivity contribution < 1.29 is 9.90 Å². The second-order valence-electron chi connectivity index (χ2n) is 5.60. The van der Waals surface area contributed by atoms with E-state index in [2.05, 4.69) is 31.1 Å². The molecule has 4 nitrogen and oxygen atoms in total. The average molecular weight is 262 g/mol. The highest BCUT2D eigenvalue weighted by molar-refractivity contribution is 5.94. The Morgan fingerprint density at radius 1 is 1.37 bits per heavy atom. The zero-order chi connectivity index (χ0) is 14.0. The molecule has 19 heavy (non-hydrogen) atoms. The van der Waals surface area contributed by atoms with Crippen LogP contribution in [0.4, 0.5) is 5.69 Å². The third-order valence-electron chi connectivity index (χ3n) is 4.11. The fraction of sp³-hybridized carbons (Fsp3) is 0.533. The van der Waals surface area contributed by atoms with E-state index in [9.17, 15) is 9.90 Å². The van der Waals surface area contributed by atoms with E-state index >= 15 is 0 Å². The Labute approximate surface area is 114 Å². The number of nitrogens with one attached hydrogen (secondary N) is 1. The molecule has 1 heterocycles. The number of likely N-dealkylation sites (tertiary alicyclic amines) is 1. The van der Waals surface area contributed by atoms with Crippen LogP contribution < -0.4 is 5.32 Å². The molecule has 1 saturated heterocycles. The van der Waals surface area contributed by atoms with E-state index in [4.69, 9.17) is 0 Å². The van der Waals surface area contributed by atoms with Crippen molar-refractivity contribution in [3.8, 4) is 0 Å². The van der Waals surface area contributed by atoms with Crippen molar-refractivity contribution in [2.24, 2.45) is 5.92 Å². The average Bonchev–Trinajstić information content (AvgIpc) is 2.36. The molecule has 1 aromatic carbocycles. The molecule has 0 bridgehead atoms. The standard InChI is InChI=1S/C15H22N2O2/c1-10-9-17(3)11(2)8-14(10)16-13-7-5-4-6-12(13)15(18)19/h4-7,10-11,14,16H,8-9H2,1-3H3,(H,18,19). The third-order valence-corrected chi connectivity index (χ3v) is 4.11. The van der Waals surface area contributed by atoms with Crippen LogP contribution in [0.15, 0.2) is 24.3 Å². The van der Waals surface area contributed by atoms with Crippen LogP contribution in [0.3, 0.4) is 0 Å². The number of carbonyl (C=O) groups is 1. The fourth-order valence-corrected chi connectivity index (χ4v) is 2.74. The molecular formula is C15H22N2O2. The molecule has 2 N–H and O–H groups in total. The molecule has 1 aromatic rings. The summed E-state index contributed by atoms with van der Waals surface area (Å²) in [6.45, 7) is 5.46. The fourth-order valence-electron chi connectivity index (χ4n) is 2.74. The molecule has 1 aliphatic heterocycles. The summed E-state index contributed by atoms with van der Waals surface area (Å²) >= 11 is 0. The molecule has 0 radical (unpaired) electrons. The Bertz CT molecular complexity index is 461. The summed E-state index contributed by atoms with van der Waals surface area (Å²) < 4.78 is 0. The largest absolute Gasteiger partial charge is 0.478 e. The van der Waals surface area contributed by atoms with E-state index in [0.29, 0.717) is 23.6 Å². The molecule has 2 rings (SSSR count). The van der Waals surface area contributed by atoms with Crippen LogP contribution >= 0.6 is 0 Å². The Morgan fingerprint density at radius 2 is 2.05 bits per heavy atom. The Balaban J connectivity index is 2.15. The van der Waals surface area contributed by atoms with Crippen LogP contribution in [0.2, 0.25) is 0 Å². The molecule has 4 heteroatoms. The number of carboxylic acid groups (broad SMARTS) is 1. The topological polar surface area (TPSA) is 52.6 Å². The minimum Gasteiger partial charge on any atom is -0.478 e. The van der Waals surface area contributed by atoms with Crippen molar-refractivity contribution in [3.63, 3.8) is 0 Å². The molecule has 1 aliphatic rings. The zero-order valence-electron chi connectivity index (χ0n) is 11.8. The molecular weight excluding hydrogens is 240 g/mol. The lowest BCUT2D eigenvalue weighted by Gasteiger charge is -2.40. The van der Waals surface area contributed by atoms with Crippen LogP contribution in [-0.4, -0.2) is 41.7 Å². The van der Waals surface area contributed by atoms with Crippen molar-refractivity contribution in [3.05, 3.63) is 29.8 Å². The summed E-state index contributed by atoms with van der Waals surface area (Å²) in [5.74, 6) is -0.375. The lowest BCUT2D eigenvalue weighted by molar-refractivity contribution is 0.0697. The summed E-state index contributed by atoms with van der Waals surface area (Å²) in [5, 5.41) is 12.6. The molecule has 1 fully saturated rings. The van der Waals surface area contributed by atoms with Crippen molar-refractivity contribution in [2.45, 2.75) is 32.4 Å². The second kappa shape index (κ2) is 5.61. The molecule has 104 valence electrons. The Hall–Kier alpha value is -1.55. The molecule has 3 unspecified atom stereocenters. The van der Waals surface area contributed by atoms with E-state index in [0.717, 1.165) is 18.7 Å². The number of hydrogen-bond acceptors (Lipinski definition) is 3. The molecule has 0 aromatic heterocycles. The minimum atomic E-state index is -0.878. The third kappa shape index (κ3) is 3.07. The van der Waals surface area contributed by atoms with Gasteiger partial charge in [-0.3, -0.25) is 0 Å². The van der Waals surface area contributed by atoms with Gasteiger partial charge in [-0.2, -0.15) is 0 Å². The van der Waals surface area contributed by atoms with Gasteiger partial charge in [0.2, 0.25) is 0 Å². The number of piperidine rings is 1. The zero-order valence-corrected chi connectivity index (χ0v) is 11.8. The minimum absolute atomic E-state index is 0.326. The van der Waals surface area contributed by atoms with Crippen LogP contribution in [0, 0.1) is 5.92 Å². The summed E-state index contributed by atoms with van der Waals surface area (Å²) in [6.07, 6.45) is 1.03. The number of benzene rings is 1. The number of hydrogen-bond donors (Lipinski definition) is 2. The van der Waals surface area contributed by atoms with Gasteiger partial charge in [0.05, 0.1) is 5.56 Å². The first kappa shape index (κ1) is 13.9. The molecule has 0 saturated carbocycles. The lowest BCUT2D eigenvalue weighted by Crippen LogP contribution is -2.48. The Kier molecular flexibility index (Phi) is 4.10. The van der Waals surface area contributed by atoms with Crippen molar-refractivity contribution in [2.75, 3.05) is 18.9 Å². The van der Waals surface area contributed by atoms with E-state index in [1.165, 1.54) is 0 Å². The number of nitrogens with zero attached hydrogens (tertiary/aromatic N) is 1. The van der Waals surface area contributed by atoms with Gasteiger partial charge in [-0.25, -0.2) is 4.79 Å². The number of para-hydroxylation sites is 1. The SMILES string of the molecule is CC1CN(C)C(C)CC1Nc1ccccc1C(=O)O. The first-order valence-corrected chi connectivity index (χ1v) is 6.78. The van der Waals surface area contributed by atoms with Gasteiger partial charge in [-0.15, -0.1) is 0 Å². The van der Waals surface area contributed by atoms with Gasteiger partial charge in [-0.1, -0.05) is 19.1 Å². The first-order chi connectivity index (χ1) is 8.99. The lowest BCUT2D eigenvalue weighted by atomic mass is 9.89. The number of carboxylic acids is 1. The number of aromatic carboxylic acids is 1. The van der Waals surface area contributed by atoms with Gasteiger partial charge in [0.25, 0.3) is 0 Å². The highest BCUT2D eigenvalue weighted by Crippen LogP contribution is 2.25. The highest BCUT2D eigenvalue weighted by Gasteiger charge is 2.29. The second-order valence-corrected chi connectivity index (χ2v) is 5.60. The van der Waals surface area contributed by atoms with Crippen molar-refractivity contribution >= 4 is 11.7 Å². The predicted octanol–water partition coefficient (Wildman–Crippen LogP) is 2.53. The Morgan fingerprint density at radius 3 is 2.74 bits per heavy atom. The summed E-state index contributed by atoms with van der Waals surface area (Å²) in [7, 11) is 2.14. The maximum Gasteiger partial charge on any atom is 0.337 e. The van der Waals surface area contributed by atoms with Crippen molar-refractivity contribution in [1.29, 1.82) is 0 Å². The van der Waals surface area contributed by atoms with Gasteiger partial charge in [0.1, 0.15) is 0 Å². The van der Waals surface area contributed by atoms with E-state index in [1.807, 2.05) is 12.1 Å². The molecule has 3 atom stereocenters. The van der Waals surface area contributed by atoms with Gasteiger partial charge in [0.15, 0.2) is 0 Å². The summed E-state index contributed by atoms with van der Waals surface area (Å²) in [6, 6.07) is 7.97. The molecule has 0 aliphatic carbocycles. The van der Waals surface area contributed by atoms with E-state index in [-0.39, 0.29) is 0 Å². The summed E-state index contributed by atoms with van der Waals surface area (Å²) in [5.41, 5.74) is 1.07. The van der Waals surface area contributed by atoms with Gasteiger partial charge in [-0.05, 0) is 38.4 Å². The monoisotopic (exact) mass is 262 g/mol. The van der Waals surface area contributed by atoms with Crippen LogP contribution in [0.25, 0.3) is 0 Å². The van der Waals surface area contributed by atoms with Gasteiger partial charge >= 0.3 is 5.97 Å².